The average Bonchev–Trinajstić information content (AvgIpc) is 2.29. The van der Waals surface area contributed by atoms with Gasteiger partial charge in [0.05, 0.1) is 5.56 Å². The minimum atomic E-state index is -4.29. The highest BCUT2D eigenvalue weighted by Gasteiger charge is 2.30. The van der Waals surface area contributed by atoms with E-state index in [1.54, 1.807) is 7.05 Å². The molecule has 0 amide bonds. The Morgan fingerprint density at radius 3 is 2.29 bits per heavy atom. The first-order chi connectivity index (χ1) is 7.99. The van der Waals surface area contributed by atoms with Gasteiger partial charge in [0.15, 0.2) is 0 Å². The lowest BCUT2D eigenvalue weighted by Crippen LogP contribution is -2.16. The summed E-state index contributed by atoms with van der Waals surface area (Å²) in [5, 5.41) is 3.03. The number of hydrogen-bond acceptors (Lipinski definition) is 1. The summed E-state index contributed by atoms with van der Waals surface area (Å²) in [6.45, 7) is 0. The number of rotatable bonds is 4. The molecule has 1 aromatic rings. The van der Waals surface area contributed by atoms with Crippen LogP contribution >= 0.6 is 0 Å². The molecule has 1 unspecified atom stereocenters. The number of hydrogen-bond donors (Lipinski definition) is 1. The number of alkyl halides is 3. The first-order valence-electron chi connectivity index (χ1n) is 5.27. The maximum absolute atomic E-state index is 12.4. The molecule has 0 saturated heterocycles. The Balaban J connectivity index is 2.82. The van der Waals surface area contributed by atoms with Crippen molar-refractivity contribution in [3.63, 3.8) is 0 Å². The molecule has 0 aliphatic carbocycles. The fourth-order valence-electron chi connectivity index (χ4n) is 1.61. The van der Waals surface area contributed by atoms with Gasteiger partial charge in [-0.3, -0.25) is 0 Å². The van der Waals surface area contributed by atoms with Crippen molar-refractivity contribution < 1.29 is 13.2 Å². The van der Waals surface area contributed by atoms with Crippen LogP contribution in [0.1, 0.15) is 30.0 Å². The Bertz CT molecular complexity index is 387. The molecule has 0 aliphatic heterocycles. The van der Waals surface area contributed by atoms with Gasteiger partial charge in [-0.2, -0.15) is 13.2 Å². The van der Waals surface area contributed by atoms with Crippen molar-refractivity contribution in [2.45, 2.75) is 25.1 Å². The molecule has 92 valence electrons. The van der Waals surface area contributed by atoms with Gasteiger partial charge in [0.25, 0.3) is 0 Å². The summed E-state index contributed by atoms with van der Waals surface area (Å²) >= 11 is 0. The van der Waals surface area contributed by atoms with Gasteiger partial charge in [-0.15, -0.1) is 12.3 Å². The van der Waals surface area contributed by atoms with Crippen LogP contribution in [0, 0.1) is 12.3 Å². The summed E-state index contributed by atoms with van der Waals surface area (Å²) < 4.78 is 37.1. The van der Waals surface area contributed by atoms with Crippen molar-refractivity contribution in [2.75, 3.05) is 7.05 Å². The number of nitrogens with one attached hydrogen (secondary N) is 1. The normalized spacial score (nSPS) is 13.1. The van der Waals surface area contributed by atoms with Gasteiger partial charge >= 0.3 is 6.18 Å². The van der Waals surface area contributed by atoms with E-state index < -0.39 is 11.7 Å². The third-order valence-corrected chi connectivity index (χ3v) is 2.57. The average molecular weight is 241 g/mol. The van der Waals surface area contributed by atoms with Crippen LogP contribution in [0.2, 0.25) is 0 Å². The molecule has 0 saturated carbocycles. The fraction of sp³-hybridized carbons (Fsp3) is 0.385. The summed E-state index contributed by atoms with van der Waals surface area (Å²) in [6.07, 6.45) is 2.18. The maximum Gasteiger partial charge on any atom is 0.416 e. The largest absolute Gasteiger partial charge is 0.416 e. The fourth-order valence-corrected chi connectivity index (χ4v) is 1.61. The van der Waals surface area contributed by atoms with Gasteiger partial charge in [-0.05, 0) is 31.2 Å². The van der Waals surface area contributed by atoms with Crippen LogP contribution in [0.5, 0.6) is 0 Å². The zero-order chi connectivity index (χ0) is 12.9. The number of terminal acetylenes is 1. The highest BCUT2D eigenvalue weighted by Crippen LogP contribution is 2.30. The molecule has 1 atom stereocenters. The molecule has 17 heavy (non-hydrogen) atoms. The molecule has 0 aliphatic rings. The van der Waals surface area contributed by atoms with Gasteiger partial charge in [0, 0.05) is 12.5 Å². The number of benzene rings is 1. The van der Waals surface area contributed by atoms with Crippen molar-refractivity contribution in [1.82, 2.24) is 5.32 Å². The SMILES string of the molecule is C#CCCC(NC)c1ccc(C(F)(F)F)cc1. The Labute approximate surface area is 99.0 Å². The third-order valence-electron chi connectivity index (χ3n) is 2.57. The van der Waals surface area contributed by atoms with Crippen molar-refractivity contribution in [2.24, 2.45) is 0 Å². The van der Waals surface area contributed by atoms with Crippen LogP contribution in [0.15, 0.2) is 24.3 Å². The van der Waals surface area contributed by atoms with Crippen LogP contribution in [0.4, 0.5) is 13.2 Å². The number of halogens is 3. The van der Waals surface area contributed by atoms with Crippen molar-refractivity contribution >= 4 is 0 Å². The Hall–Kier alpha value is -1.47. The predicted octanol–water partition coefficient (Wildman–Crippen LogP) is 3.38. The Morgan fingerprint density at radius 1 is 1.29 bits per heavy atom. The predicted molar refractivity (Wildman–Crippen MR) is 61.3 cm³/mol. The van der Waals surface area contributed by atoms with Gasteiger partial charge in [-0.1, -0.05) is 12.1 Å². The summed E-state index contributed by atoms with van der Waals surface area (Å²) in [6, 6.07) is 5.15. The quantitative estimate of drug-likeness (QED) is 0.797. The van der Waals surface area contributed by atoms with E-state index in [1.807, 2.05) is 0 Å². The van der Waals surface area contributed by atoms with Crippen molar-refractivity contribution in [3.8, 4) is 12.3 Å². The van der Waals surface area contributed by atoms with Crippen molar-refractivity contribution in [1.29, 1.82) is 0 Å². The summed E-state index contributed by atoms with van der Waals surface area (Å²) in [5.74, 6) is 2.52. The molecule has 4 heteroatoms. The summed E-state index contributed by atoms with van der Waals surface area (Å²) in [4.78, 5) is 0. The second-order valence-corrected chi connectivity index (χ2v) is 3.70. The maximum atomic E-state index is 12.4. The lowest BCUT2D eigenvalue weighted by Gasteiger charge is -2.16. The summed E-state index contributed by atoms with van der Waals surface area (Å²) in [7, 11) is 1.76. The summed E-state index contributed by atoms with van der Waals surface area (Å²) in [5.41, 5.74) is 0.184. The van der Waals surface area contributed by atoms with E-state index in [9.17, 15) is 13.2 Å². The molecule has 0 bridgehead atoms. The molecule has 0 fully saturated rings. The van der Waals surface area contributed by atoms with Crippen LogP contribution in [0.3, 0.4) is 0 Å². The topological polar surface area (TPSA) is 12.0 Å². The molecule has 0 spiro atoms. The monoisotopic (exact) mass is 241 g/mol. The molecule has 1 rings (SSSR count). The highest BCUT2D eigenvalue weighted by molar-refractivity contribution is 5.26. The second kappa shape index (κ2) is 5.74. The molecule has 0 aromatic heterocycles. The third kappa shape index (κ3) is 3.79. The van der Waals surface area contributed by atoms with Gasteiger partial charge in [-0.25, -0.2) is 0 Å². The molecule has 1 aromatic carbocycles. The van der Waals surface area contributed by atoms with Crippen LogP contribution in [-0.2, 0) is 6.18 Å². The standard InChI is InChI=1S/C13H14F3N/c1-3-4-5-12(17-2)10-6-8-11(9-7-10)13(14,15)16/h1,6-9,12,17H,4-5H2,2H3. The van der Waals surface area contributed by atoms with Crippen molar-refractivity contribution in [3.05, 3.63) is 35.4 Å². The van der Waals surface area contributed by atoms with Crippen LogP contribution in [-0.4, -0.2) is 7.05 Å². The first-order valence-corrected chi connectivity index (χ1v) is 5.27. The van der Waals surface area contributed by atoms with Gasteiger partial charge in [0.1, 0.15) is 0 Å². The Kier molecular flexibility index (Phi) is 4.59. The molecule has 0 heterocycles. The zero-order valence-electron chi connectivity index (χ0n) is 9.51. The lowest BCUT2D eigenvalue weighted by atomic mass is 10.0. The second-order valence-electron chi connectivity index (χ2n) is 3.70. The molecule has 0 radical (unpaired) electrons. The van der Waals surface area contributed by atoms with Crippen LogP contribution in [0.25, 0.3) is 0 Å². The van der Waals surface area contributed by atoms with E-state index in [0.29, 0.717) is 12.8 Å². The molecular formula is C13H14F3N. The van der Waals surface area contributed by atoms with E-state index >= 15 is 0 Å². The molecule has 1 nitrogen and oxygen atoms in total. The van der Waals surface area contributed by atoms with E-state index in [1.165, 1.54) is 12.1 Å². The Morgan fingerprint density at radius 2 is 1.88 bits per heavy atom. The first kappa shape index (κ1) is 13.6. The van der Waals surface area contributed by atoms with E-state index in [0.717, 1.165) is 17.7 Å². The van der Waals surface area contributed by atoms with Gasteiger partial charge in [0.2, 0.25) is 0 Å². The minimum absolute atomic E-state index is 0.00617. The van der Waals surface area contributed by atoms with E-state index in [2.05, 4.69) is 11.2 Å². The van der Waals surface area contributed by atoms with Gasteiger partial charge < -0.3 is 5.32 Å². The van der Waals surface area contributed by atoms with E-state index in [-0.39, 0.29) is 6.04 Å². The zero-order valence-corrected chi connectivity index (χ0v) is 9.51. The van der Waals surface area contributed by atoms with Crippen LogP contribution < -0.4 is 5.32 Å². The lowest BCUT2D eigenvalue weighted by molar-refractivity contribution is -0.137. The van der Waals surface area contributed by atoms with E-state index in [4.69, 9.17) is 6.42 Å². The molecule has 1 N–H and O–H groups in total. The highest BCUT2D eigenvalue weighted by atomic mass is 19.4. The smallest absolute Gasteiger partial charge is 0.313 e. The molecular weight excluding hydrogens is 227 g/mol. The minimum Gasteiger partial charge on any atom is -0.313 e.